The van der Waals surface area contributed by atoms with Crippen LogP contribution in [0.2, 0.25) is 0 Å². The monoisotopic (exact) mass is 314 g/mol. The number of hydrogen-bond donors (Lipinski definition) is 2. The van der Waals surface area contributed by atoms with Gasteiger partial charge in [0.2, 0.25) is 0 Å². The van der Waals surface area contributed by atoms with Gasteiger partial charge in [-0.2, -0.15) is 5.26 Å². The molecule has 0 saturated carbocycles. The summed E-state index contributed by atoms with van der Waals surface area (Å²) in [5.74, 6) is 0.307. The lowest BCUT2D eigenvalue weighted by atomic mass is 10.0. The van der Waals surface area contributed by atoms with E-state index in [1.54, 1.807) is 50.2 Å². The molecule has 6 heteroatoms. The lowest BCUT2D eigenvalue weighted by Gasteiger charge is -2.22. The molecule has 0 aliphatic rings. The zero-order valence-corrected chi connectivity index (χ0v) is 12.9. The van der Waals surface area contributed by atoms with Gasteiger partial charge in [0, 0.05) is 0 Å². The molecule has 0 bridgehead atoms. The highest BCUT2D eigenvalue weighted by atomic mass is 16.5. The summed E-state index contributed by atoms with van der Waals surface area (Å²) in [5.41, 5.74) is -0.960. The average molecular weight is 314 g/mol. The molecule has 0 aliphatic heterocycles. The fraction of sp³-hybridized carbons (Fsp3) is 0.294. The van der Waals surface area contributed by atoms with Crippen LogP contribution in [0.3, 0.4) is 0 Å². The summed E-state index contributed by atoms with van der Waals surface area (Å²) in [7, 11) is 0. The van der Waals surface area contributed by atoms with E-state index in [1.165, 1.54) is 6.26 Å². The van der Waals surface area contributed by atoms with Crippen LogP contribution in [0.5, 0.6) is 5.75 Å². The molecule has 2 atom stereocenters. The van der Waals surface area contributed by atoms with Gasteiger partial charge in [-0.05, 0) is 38.1 Å². The van der Waals surface area contributed by atoms with E-state index >= 15 is 0 Å². The van der Waals surface area contributed by atoms with E-state index in [4.69, 9.17) is 14.4 Å². The summed E-state index contributed by atoms with van der Waals surface area (Å²) < 4.78 is 10.7. The second-order valence-corrected chi connectivity index (χ2v) is 5.34. The lowest BCUT2D eigenvalue weighted by molar-refractivity contribution is -0.128. The molecule has 23 heavy (non-hydrogen) atoms. The van der Waals surface area contributed by atoms with Crippen molar-refractivity contribution in [3.63, 3.8) is 0 Å². The van der Waals surface area contributed by atoms with Gasteiger partial charge in [0.25, 0.3) is 5.91 Å². The fourth-order valence-electron chi connectivity index (χ4n) is 1.98. The summed E-state index contributed by atoms with van der Waals surface area (Å²) in [6.45, 7) is 3.10. The molecule has 0 spiro atoms. The summed E-state index contributed by atoms with van der Waals surface area (Å²) in [6.07, 6.45) is 0.646. The van der Waals surface area contributed by atoms with Crippen molar-refractivity contribution in [3.8, 4) is 11.8 Å². The van der Waals surface area contributed by atoms with E-state index in [2.05, 4.69) is 5.32 Å². The molecule has 0 fully saturated rings. The van der Waals surface area contributed by atoms with E-state index in [9.17, 15) is 9.90 Å². The first-order valence-corrected chi connectivity index (χ1v) is 7.14. The van der Waals surface area contributed by atoms with Crippen molar-refractivity contribution < 1.29 is 19.1 Å². The average Bonchev–Trinajstić information content (AvgIpc) is 3.08. The van der Waals surface area contributed by atoms with Gasteiger partial charge in [-0.15, -0.1) is 0 Å². The van der Waals surface area contributed by atoms with Crippen molar-refractivity contribution in [1.82, 2.24) is 5.32 Å². The number of rotatable bonds is 6. The van der Waals surface area contributed by atoms with Crippen LogP contribution in [0.25, 0.3) is 0 Å². The number of furan rings is 1. The smallest absolute Gasteiger partial charge is 0.260 e. The highest BCUT2D eigenvalue weighted by molar-refractivity contribution is 5.80. The van der Waals surface area contributed by atoms with E-state index < -0.39 is 17.6 Å². The number of nitriles is 1. The van der Waals surface area contributed by atoms with Gasteiger partial charge in [-0.3, -0.25) is 4.79 Å². The number of ether oxygens (including phenoxy) is 1. The maximum atomic E-state index is 12.1. The zero-order chi connectivity index (χ0) is 16.9. The molecule has 1 amide bonds. The van der Waals surface area contributed by atoms with E-state index in [0.29, 0.717) is 17.1 Å². The highest BCUT2D eigenvalue weighted by Crippen LogP contribution is 2.20. The Morgan fingerprint density at radius 2 is 2.17 bits per heavy atom. The molecule has 120 valence electrons. The Labute approximate surface area is 134 Å². The van der Waals surface area contributed by atoms with Gasteiger partial charge in [0.15, 0.2) is 6.10 Å². The number of nitrogens with zero attached hydrogens (tertiary/aromatic N) is 1. The SMILES string of the molecule is CC(Oc1ccccc1C#N)C(=O)NCC(C)(O)c1ccco1. The first-order valence-electron chi connectivity index (χ1n) is 7.14. The van der Waals surface area contributed by atoms with Gasteiger partial charge < -0.3 is 19.6 Å². The summed E-state index contributed by atoms with van der Waals surface area (Å²) in [6, 6.07) is 12.0. The number of amides is 1. The lowest BCUT2D eigenvalue weighted by Crippen LogP contribution is -2.43. The van der Waals surface area contributed by atoms with Crippen molar-refractivity contribution in [1.29, 1.82) is 5.26 Å². The molecule has 0 saturated heterocycles. The molecule has 2 unspecified atom stereocenters. The van der Waals surface area contributed by atoms with E-state index in [0.717, 1.165) is 0 Å². The van der Waals surface area contributed by atoms with Crippen molar-refractivity contribution in [2.24, 2.45) is 0 Å². The zero-order valence-electron chi connectivity index (χ0n) is 12.9. The molecular formula is C17H18N2O4. The molecule has 2 rings (SSSR count). The molecule has 1 heterocycles. The van der Waals surface area contributed by atoms with Gasteiger partial charge in [0.1, 0.15) is 23.2 Å². The minimum atomic E-state index is -1.32. The van der Waals surface area contributed by atoms with Crippen LogP contribution in [0, 0.1) is 11.3 Å². The minimum Gasteiger partial charge on any atom is -0.480 e. The standard InChI is InChI=1S/C17H18N2O4/c1-12(23-14-7-4-3-6-13(14)10-18)16(20)19-11-17(2,21)15-8-5-9-22-15/h3-9,12,21H,11H2,1-2H3,(H,19,20). The molecule has 6 nitrogen and oxygen atoms in total. The molecule has 0 aliphatic carbocycles. The Hall–Kier alpha value is -2.78. The highest BCUT2D eigenvalue weighted by Gasteiger charge is 2.28. The van der Waals surface area contributed by atoms with Gasteiger partial charge >= 0.3 is 0 Å². The Bertz CT molecular complexity index is 702. The molecule has 2 N–H and O–H groups in total. The number of nitrogens with one attached hydrogen (secondary N) is 1. The second kappa shape index (κ2) is 6.99. The van der Waals surface area contributed by atoms with Crippen LogP contribution in [0.1, 0.15) is 25.2 Å². The number of benzene rings is 1. The van der Waals surface area contributed by atoms with E-state index in [-0.39, 0.29) is 6.54 Å². The summed E-state index contributed by atoms with van der Waals surface area (Å²) >= 11 is 0. The first kappa shape index (κ1) is 16.6. The Morgan fingerprint density at radius 3 is 2.83 bits per heavy atom. The van der Waals surface area contributed by atoms with Gasteiger partial charge in [-0.25, -0.2) is 0 Å². The Morgan fingerprint density at radius 1 is 1.43 bits per heavy atom. The number of aliphatic hydroxyl groups is 1. The Balaban J connectivity index is 1.94. The largest absolute Gasteiger partial charge is 0.480 e. The van der Waals surface area contributed by atoms with Crippen molar-refractivity contribution in [2.75, 3.05) is 6.54 Å². The second-order valence-electron chi connectivity index (χ2n) is 5.34. The van der Waals surface area contributed by atoms with Gasteiger partial charge in [-0.1, -0.05) is 12.1 Å². The van der Waals surface area contributed by atoms with Gasteiger partial charge in [0.05, 0.1) is 18.4 Å². The number of hydrogen-bond acceptors (Lipinski definition) is 5. The van der Waals surface area contributed by atoms with Crippen LogP contribution < -0.4 is 10.1 Å². The van der Waals surface area contributed by atoms with Crippen molar-refractivity contribution in [3.05, 3.63) is 54.0 Å². The molecule has 1 aromatic heterocycles. The first-order chi connectivity index (χ1) is 10.9. The molecule has 0 radical (unpaired) electrons. The molecular weight excluding hydrogens is 296 g/mol. The minimum absolute atomic E-state index is 0.0209. The van der Waals surface area contributed by atoms with Crippen LogP contribution >= 0.6 is 0 Å². The third-order valence-corrected chi connectivity index (χ3v) is 3.34. The van der Waals surface area contributed by atoms with E-state index in [1.807, 2.05) is 6.07 Å². The van der Waals surface area contributed by atoms with Crippen LogP contribution in [-0.2, 0) is 10.4 Å². The summed E-state index contributed by atoms with van der Waals surface area (Å²) in [4.78, 5) is 12.1. The normalized spacial score (nSPS) is 14.3. The number of carbonyl (C=O) groups is 1. The van der Waals surface area contributed by atoms with Crippen LogP contribution in [-0.4, -0.2) is 23.7 Å². The molecule has 1 aromatic carbocycles. The van der Waals surface area contributed by atoms with Crippen molar-refractivity contribution in [2.45, 2.75) is 25.6 Å². The topological polar surface area (TPSA) is 95.5 Å². The van der Waals surface area contributed by atoms with Crippen molar-refractivity contribution >= 4 is 5.91 Å². The fourth-order valence-corrected chi connectivity index (χ4v) is 1.98. The number of carbonyl (C=O) groups excluding carboxylic acids is 1. The Kier molecular flexibility index (Phi) is 5.04. The predicted octanol–water partition coefficient (Wildman–Crippen LogP) is 1.94. The maximum absolute atomic E-state index is 12.1. The quantitative estimate of drug-likeness (QED) is 0.849. The third kappa shape index (κ3) is 4.11. The molecule has 2 aromatic rings. The third-order valence-electron chi connectivity index (χ3n) is 3.34. The van der Waals surface area contributed by atoms with Crippen LogP contribution in [0.4, 0.5) is 0 Å². The summed E-state index contributed by atoms with van der Waals surface area (Å²) in [5, 5.41) is 21.9. The van der Waals surface area contributed by atoms with Crippen LogP contribution in [0.15, 0.2) is 47.1 Å². The number of para-hydroxylation sites is 1. The predicted molar refractivity (Wildman–Crippen MR) is 82.5 cm³/mol. The maximum Gasteiger partial charge on any atom is 0.260 e.